The number of ether oxygens (including phenoxy) is 1. The van der Waals surface area contributed by atoms with Gasteiger partial charge < -0.3 is 9.84 Å². The zero-order chi connectivity index (χ0) is 8.81. The average molecular weight is 188 g/mol. The molecule has 12 heavy (non-hydrogen) atoms. The monoisotopic (exact) mass is 188 g/mol. The van der Waals surface area contributed by atoms with E-state index in [9.17, 15) is 5.11 Å². The zero-order valence-electron chi connectivity index (χ0n) is 7.45. The molecule has 0 aliphatic carbocycles. The summed E-state index contributed by atoms with van der Waals surface area (Å²) in [5, 5.41) is 9.59. The third kappa shape index (κ3) is 3.07. The van der Waals surface area contributed by atoms with E-state index >= 15 is 0 Å². The third-order valence-electron chi connectivity index (χ3n) is 1.77. The second-order valence-electron chi connectivity index (χ2n) is 2.77. The predicted octanol–water partition coefficient (Wildman–Crippen LogP) is 1.79. The molecule has 0 aromatic rings. The van der Waals surface area contributed by atoms with Gasteiger partial charge in [-0.05, 0) is 24.7 Å². The maximum absolute atomic E-state index is 9.59. The molecular weight excluding hydrogens is 172 g/mol. The summed E-state index contributed by atoms with van der Waals surface area (Å²) in [4.78, 5) is 0. The fraction of sp³-hybridized carbons (Fsp3) is 0.778. The lowest BCUT2D eigenvalue weighted by atomic mass is 10.2. The van der Waals surface area contributed by atoms with E-state index < -0.39 is 6.10 Å². The predicted molar refractivity (Wildman–Crippen MR) is 52.3 cm³/mol. The van der Waals surface area contributed by atoms with Crippen molar-refractivity contribution in [3.8, 4) is 0 Å². The van der Waals surface area contributed by atoms with Crippen molar-refractivity contribution >= 4 is 11.8 Å². The van der Waals surface area contributed by atoms with Crippen molar-refractivity contribution in [2.24, 2.45) is 0 Å². The second kappa shape index (κ2) is 5.49. The van der Waals surface area contributed by atoms with Crippen molar-refractivity contribution in [3.05, 3.63) is 11.8 Å². The highest BCUT2D eigenvalue weighted by molar-refractivity contribution is 7.99. The Hall–Kier alpha value is -0.150. The highest BCUT2D eigenvalue weighted by Crippen LogP contribution is 2.16. The zero-order valence-corrected chi connectivity index (χ0v) is 8.27. The molecule has 1 heterocycles. The van der Waals surface area contributed by atoms with E-state index in [0.717, 1.165) is 36.7 Å². The molecular formula is C9H16O2S. The molecule has 2 nitrogen and oxygen atoms in total. The Morgan fingerprint density at radius 3 is 3.17 bits per heavy atom. The highest BCUT2D eigenvalue weighted by atomic mass is 32.2. The molecule has 1 aliphatic rings. The first kappa shape index (κ1) is 9.93. The Labute approximate surface area is 78.0 Å². The van der Waals surface area contributed by atoms with Crippen LogP contribution in [0.25, 0.3) is 0 Å². The standard InChI is InChI=1S/C9H16O2S/c1-2-12-7-8(10)9-5-3-4-6-11-9/h5,8,10H,2-4,6-7H2,1H3. The van der Waals surface area contributed by atoms with Gasteiger partial charge in [0.2, 0.25) is 0 Å². The summed E-state index contributed by atoms with van der Waals surface area (Å²) in [6, 6.07) is 0. The summed E-state index contributed by atoms with van der Waals surface area (Å²) in [5.41, 5.74) is 0. The summed E-state index contributed by atoms with van der Waals surface area (Å²) in [6.45, 7) is 2.85. The van der Waals surface area contributed by atoms with Gasteiger partial charge in [-0.25, -0.2) is 0 Å². The van der Waals surface area contributed by atoms with Crippen molar-refractivity contribution in [3.63, 3.8) is 0 Å². The summed E-state index contributed by atoms with van der Waals surface area (Å²) in [5.74, 6) is 2.58. The van der Waals surface area contributed by atoms with Crippen molar-refractivity contribution in [1.82, 2.24) is 0 Å². The average Bonchev–Trinajstić information content (AvgIpc) is 2.15. The van der Waals surface area contributed by atoms with E-state index in [1.807, 2.05) is 6.08 Å². The lowest BCUT2D eigenvalue weighted by molar-refractivity contribution is 0.104. The number of aliphatic hydroxyl groups excluding tert-OH is 1. The van der Waals surface area contributed by atoms with Gasteiger partial charge in [-0.15, -0.1) is 0 Å². The third-order valence-corrected chi connectivity index (χ3v) is 2.73. The molecule has 1 unspecified atom stereocenters. The van der Waals surface area contributed by atoms with Crippen LogP contribution in [0.5, 0.6) is 0 Å². The van der Waals surface area contributed by atoms with Crippen LogP contribution >= 0.6 is 11.8 Å². The number of rotatable bonds is 4. The van der Waals surface area contributed by atoms with Crippen LogP contribution in [-0.4, -0.2) is 29.3 Å². The van der Waals surface area contributed by atoms with E-state index in [1.54, 1.807) is 11.8 Å². The van der Waals surface area contributed by atoms with Crippen LogP contribution in [0.3, 0.4) is 0 Å². The molecule has 0 aromatic heterocycles. The van der Waals surface area contributed by atoms with E-state index in [2.05, 4.69) is 6.92 Å². The fourth-order valence-electron chi connectivity index (χ4n) is 1.12. The molecule has 0 radical (unpaired) electrons. The lowest BCUT2D eigenvalue weighted by Crippen LogP contribution is -2.18. The summed E-state index contributed by atoms with van der Waals surface area (Å²) in [6.07, 6.45) is 3.74. The molecule has 1 rings (SSSR count). The van der Waals surface area contributed by atoms with Crippen molar-refractivity contribution in [2.75, 3.05) is 18.1 Å². The Balaban J connectivity index is 2.29. The van der Waals surface area contributed by atoms with Gasteiger partial charge in [0, 0.05) is 5.75 Å². The minimum atomic E-state index is -0.393. The van der Waals surface area contributed by atoms with E-state index in [1.165, 1.54) is 0 Å². The van der Waals surface area contributed by atoms with Gasteiger partial charge in [0.25, 0.3) is 0 Å². The topological polar surface area (TPSA) is 29.5 Å². The molecule has 0 amide bonds. The molecule has 0 fully saturated rings. The van der Waals surface area contributed by atoms with Crippen LogP contribution < -0.4 is 0 Å². The van der Waals surface area contributed by atoms with Crippen molar-refractivity contribution in [2.45, 2.75) is 25.9 Å². The van der Waals surface area contributed by atoms with Gasteiger partial charge in [0.15, 0.2) is 0 Å². The van der Waals surface area contributed by atoms with Crippen LogP contribution in [0.1, 0.15) is 19.8 Å². The Morgan fingerprint density at radius 2 is 2.58 bits per heavy atom. The molecule has 0 bridgehead atoms. The molecule has 0 aromatic carbocycles. The Morgan fingerprint density at radius 1 is 1.75 bits per heavy atom. The van der Waals surface area contributed by atoms with E-state index in [-0.39, 0.29) is 0 Å². The van der Waals surface area contributed by atoms with Gasteiger partial charge in [-0.3, -0.25) is 0 Å². The van der Waals surface area contributed by atoms with Gasteiger partial charge in [0.1, 0.15) is 11.9 Å². The fourth-order valence-corrected chi connectivity index (χ4v) is 1.74. The number of hydrogen-bond acceptors (Lipinski definition) is 3. The highest BCUT2D eigenvalue weighted by Gasteiger charge is 2.13. The molecule has 0 saturated carbocycles. The Bertz CT molecular complexity index is 157. The number of allylic oxidation sites excluding steroid dienone is 1. The normalized spacial score (nSPS) is 19.7. The van der Waals surface area contributed by atoms with Crippen LogP contribution in [0.15, 0.2) is 11.8 Å². The maximum atomic E-state index is 9.59. The van der Waals surface area contributed by atoms with Crippen molar-refractivity contribution < 1.29 is 9.84 Å². The molecule has 3 heteroatoms. The van der Waals surface area contributed by atoms with Crippen LogP contribution in [-0.2, 0) is 4.74 Å². The molecule has 1 N–H and O–H groups in total. The summed E-state index contributed by atoms with van der Waals surface area (Å²) in [7, 11) is 0. The van der Waals surface area contributed by atoms with Gasteiger partial charge >= 0.3 is 0 Å². The largest absolute Gasteiger partial charge is 0.495 e. The number of thioether (sulfide) groups is 1. The minimum absolute atomic E-state index is 0.393. The maximum Gasteiger partial charge on any atom is 0.121 e. The molecule has 70 valence electrons. The van der Waals surface area contributed by atoms with Crippen LogP contribution in [0.2, 0.25) is 0 Å². The van der Waals surface area contributed by atoms with Gasteiger partial charge in [-0.1, -0.05) is 6.92 Å². The SMILES string of the molecule is CCSCC(O)C1=CCCCO1. The number of hydrogen-bond donors (Lipinski definition) is 1. The molecule has 0 spiro atoms. The van der Waals surface area contributed by atoms with Crippen LogP contribution in [0, 0.1) is 0 Å². The van der Waals surface area contributed by atoms with Gasteiger partial charge in [-0.2, -0.15) is 11.8 Å². The lowest BCUT2D eigenvalue weighted by Gasteiger charge is -2.19. The molecule has 1 atom stereocenters. The van der Waals surface area contributed by atoms with Gasteiger partial charge in [0.05, 0.1) is 6.61 Å². The molecule has 1 aliphatic heterocycles. The first-order chi connectivity index (χ1) is 5.84. The first-order valence-corrected chi connectivity index (χ1v) is 5.58. The number of aliphatic hydroxyl groups is 1. The minimum Gasteiger partial charge on any atom is -0.495 e. The summed E-state index contributed by atoms with van der Waals surface area (Å²) < 4.78 is 5.33. The molecule has 0 saturated heterocycles. The van der Waals surface area contributed by atoms with Crippen LogP contribution in [0.4, 0.5) is 0 Å². The second-order valence-corrected chi connectivity index (χ2v) is 4.09. The smallest absolute Gasteiger partial charge is 0.121 e. The first-order valence-electron chi connectivity index (χ1n) is 4.43. The van der Waals surface area contributed by atoms with Crippen molar-refractivity contribution in [1.29, 1.82) is 0 Å². The van der Waals surface area contributed by atoms with E-state index in [0.29, 0.717) is 0 Å². The Kier molecular flexibility index (Phi) is 4.54. The quantitative estimate of drug-likeness (QED) is 0.729. The summed E-state index contributed by atoms with van der Waals surface area (Å²) >= 11 is 1.74. The van der Waals surface area contributed by atoms with E-state index in [4.69, 9.17) is 4.74 Å².